The van der Waals surface area contributed by atoms with Gasteiger partial charge in [0.2, 0.25) is 5.91 Å². The molecule has 0 spiro atoms. The third kappa shape index (κ3) is 3.42. The van der Waals surface area contributed by atoms with E-state index >= 15 is 0 Å². The van der Waals surface area contributed by atoms with Crippen LogP contribution in [-0.4, -0.2) is 27.6 Å². The quantitative estimate of drug-likeness (QED) is 0.786. The molecule has 0 unspecified atom stereocenters. The van der Waals surface area contributed by atoms with E-state index in [4.69, 9.17) is 5.11 Å². The number of carboxylic acid groups (broad SMARTS) is 1. The highest BCUT2D eigenvalue weighted by Gasteiger charge is 2.10. The van der Waals surface area contributed by atoms with Gasteiger partial charge in [-0.15, -0.1) is 0 Å². The van der Waals surface area contributed by atoms with Crippen LogP contribution in [0.5, 0.6) is 0 Å². The number of aromatic carboxylic acids is 1. The number of aryl methyl sites for hydroxylation is 1. The zero-order valence-electron chi connectivity index (χ0n) is 9.43. The van der Waals surface area contributed by atoms with E-state index < -0.39 is 5.97 Å². The van der Waals surface area contributed by atoms with Crippen LogP contribution >= 0.6 is 0 Å². The summed E-state index contributed by atoms with van der Waals surface area (Å²) in [7, 11) is 0. The Morgan fingerprint density at radius 2 is 2.19 bits per heavy atom. The molecule has 0 aromatic carbocycles. The van der Waals surface area contributed by atoms with Crippen LogP contribution in [0.3, 0.4) is 0 Å². The van der Waals surface area contributed by atoms with E-state index in [1.165, 1.54) is 6.07 Å². The van der Waals surface area contributed by atoms with Crippen molar-refractivity contribution in [1.29, 1.82) is 0 Å². The minimum Gasteiger partial charge on any atom is -0.477 e. The molecule has 0 radical (unpaired) electrons. The van der Waals surface area contributed by atoms with Crippen molar-refractivity contribution in [3.63, 3.8) is 0 Å². The zero-order valence-corrected chi connectivity index (χ0v) is 9.43. The Morgan fingerprint density at radius 1 is 1.50 bits per heavy atom. The van der Waals surface area contributed by atoms with Gasteiger partial charge in [0.15, 0.2) is 0 Å². The monoisotopic (exact) mass is 224 g/mol. The minimum atomic E-state index is -0.978. The number of carbonyl (C=O) groups is 2. The Hall–Kier alpha value is -1.78. The number of hydrogen-bond acceptors (Lipinski definition) is 2. The van der Waals surface area contributed by atoms with Crippen LogP contribution in [0.15, 0.2) is 18.3 Å². The molecule has 5 heteroatoms. The summed E-state index contributed by atoms with van der Waals surface area (Å²) >= 11 is 0. The molecule has 0 atom stereocenters. The second-order valence-electron chi connectivity index (χ2n) is 3.86. The van der Waals surface area contributed by atoms with E-state index in [-0.39, 0.29) is 24.1 Å². The summed E-state index contributed by atoms with van der Waals surface area (Å²) in [5.41, 5.74) is 0.206. The molecule has 0 aliphatic heterocycles. The molecule has 1 amide bonds. The largest absolute Gasteiger partial charge is 0.477 e. The number of rotatable bonds is 5. The Morgan fingerprint density at radius 3 is 2.75 bits per heavy atom. The van der Waals surface area contributed by atoms with Crippen molar-refractivity contribution in [3.8, 4) is 0 Å². The third-order valence-electron chi connectivity index (χ3n) is 2.08. The van der Waals surface area contributed by atoms with Crippen molar-refractivity contribution in [2.24, 2.45) is 0 Å². The van der Waals surface area contributed by atoms with Crippen molar-refractivity contribution < 1.29 is 14.7 Å². The molecule has 0 aliphatic rings. The van der Waals surface area contributed by atoms with E-state index in [1.807, 2.05) is 13.8 Å². The SMILES string of the molecule is CC(C)NC(=O)CCn1cccc1C(=O)O. The van der Waals surface area contributed by atoms with Gasteiger partial charge in [-0.05, 0) is 26.0 Å². The Bertz CT molecular complexity index is 382. The molecule has 1 heterocycles. The maximum Gasteiger partial charge on any atom is 0.352 e. The van der Waals surface area contributed by atoms with Crippen molar-refractivity contribution in [2.75, 3.05) is 0 Å². The van der Waals surface area contributed by atoms with Crippen molar-refractivity contribution in [1.82, 2.24) is 9.88 Å². The molecule has 0 saturated carbocycles. The van der Waals surface area contributed by atoms with Gasteiger partial charge in [0.1, 0.15) is 5.69 Å². The van der Waals surface area contributed by atoms with E-state index in [0.29, 0.717) is 6.54 Å². The average molecular weight is 224 g/mol. The second-order valence-corrected chi connectivity index (χ2v) is 3.86. The minimum absolute atomic E-state index is 0.0694. The van der Waals surface area contributed by atoms with Crippen molar-refractivity contribution in [2.45, 2.75) is 32.9 Å². The van der Waals surface area contributed by atoms with Crippen LogP contribution in [0, 0.1) is 0 Å². The van der Waals surface area contributed by atoms with Crippen LogP contribution < -0.4 is 5.32 Å². The average Bonchev–Trinajstić information content (AvgIpc) is 2.61. The molecule has 0 fully saturated rings. The summed E-state index contributed by atoms with van der Waals surface area (Å²) < 4.78 is 1.56. The highest BCUT2D eigenvalue weighted by atomic mass is 16.4. The predicted octanol–water partition coefficient (Wildman–Crippen LogP) is 1.10. The van der Waals surface area contributed by atoms with Gasteiger partial charge < -0.3 is 15.0 Å². The number of hydrogen-bond donors (Lipinski definition) is 2. The predicted molar refractivity (Wildman–Crippen MR) is 59.3 cm³/mol. The molecular formula is C11H16N2O3. The Labute approximate surface area is 94.1 Å². The lowest BCUT2D eigenvalue weighted by atomic mass is 10.3. The van der Waals surface area contributed by atoms with Crippen LogP contribution in [0.2, 0.25) is 0 Å². The van der Waals surface area contributed by atoms with E-state index in [9.17, 15) is 9.59 Å². The van der Waals surface area contributed by atoms with Gasteiger partial charge in [0.25, 0.3) is 0 Å². The van der Waals surface area contributed by atoms with Gasteiger partial charge in [0.05, 0.1) is 0 Å². The number of nitrogens with one attached hydrogen (secondary N) is 1. The number of nitrogens with zero attached hydrogens (tertiary/aromatic N) is 1. The van der Waals surface area contributed by atoms with E-state index in [1.54, 1.807) is 16.8 Å². The first-order chi connectivity index (χ1) is 7.50. The van der Waals surface area contributed by atoms with Crippen LogP contribution in [0.4, 0.5) is 0 Å². The molecular weight excluding hydrogens is 208 g/mol. The van der Waals surface area contributed by atoms with Crippen molar-refractivity contribution >= 4 is 11.9 Å². The third-order valence-corrected chi connectivity index (χ3v) is 2.08. The van der Waals surface area contributed by atoms with Gasteiger partial charge in [-0.3, -0.25) is 4.79 Å². The van der Waals surface area contributed by atoms with Gasteiger partial charge in [0, 0.05) is 25.2 Å². The summed E-state index contributed by atoms with van der Waals surface area (Å²) in [4.78, 5) is 22.1. The highest BCUT2D eigenvalue weighted by Crippen LogP contribution is 2.03. The lowest BCUT2D eigenvalue weighted by Gasteiger charge is -2.09. The fourth-order valence-electron chi connectivity index (χ4n) is 1.42. The maximum absolute atomic E-state index is 11.4. The molecule has 1 rings (SSSR count). The molecule has 88 valence electrons. The van der Waals surface area contributed by atoms with Gasteiger partial charge in [-0.25, -0.2) is 4.79 Å². The standard InChI is InChI=1S/C11H16N2O3/c1-8(2)12-10(14)5-7-13-6-3-4-9(13)11(15)16/h3-4,6,8H,5,7H2,1-2H3,(H,12,14)(H,15,16). The number of carbonyl (C=O) groups excluding carboxylic acids is 1. The lowest BCUT2D eigenvalue weighted by molar-refractivity contribution is -0.121. The first-order valence-electron chi connectivity index (χ1n) is 5.18. The van der Waals surface area contributed by atoms with Crippen molar-refractivity contribution in [3.05, 3.63) is 24.0 Å². The smallest absolute Gasteiger partial charge is 0.352 e. The number of aromatic nitrogens is 1. The summed E-state index contributed by atoms with van der Waals surface area (Å²) in [6.07, 6.45) is 1.94. The molecule has 0 aliphatic carbocycles. The summed E-state index contributed by atoms with van der Waals surface area (Å²) in [5.74, 6) is -1.05. The van der Waals surface area contributed by atoms with E-state index in [2.05, 4.69) is 5.32 Å². The lowest BCUT2D eigenvalue weighted by Crippen LogP contribution is -2.30. The topological polar surface area (TPSA) is 71.3 Å². The number of amides is 1. The zero-order chi connectivity index (χ0) is 12.1. The molecule has 0 bridgehead atoms. The van der Waals surface area contributed by atoms with Crippen LogP contribution in [-0.2, 0) is 11.3 Å². The molecule has 5 nitrogen and oxygen atoms in total. The second kappa shape index (κ2) is 5.34. The maximum atomic E-state index is 11.4. The summed E-state index contributed by atoms with van der Waals surface area (Å²) in [6.45, 7) is 4.15. The van der Waals surface area contributed by atoms with Gasteiger partial charge in [-0.1, -0.05) is 0 Å². The van der Waals surface area contributed by atoms with Crippen LogP contribution in [0.1, 0.15) is 30.8 Å². The fourth-order valence-corrected chi connectivity index (χ4v) is 1.42. The Kier molecular flexibility index (Phi) is 4.10. The van der Waals surface area contributed by atoms with E-state index in [0.717, 1.165) is 0 Å². The fraction of sp³-hybridized carbons (Fsp3) is 0.455. The highest BCUT2D eigenvalue weighted by molar-refractivity contribution is 5.85. The molecule has 1 aromatic rings. The molecule has 2 N–H and O–H groups in total. The summed E-state index contributed by atoms with van der Waals surface area (Å²) in [6, 6.07) is 3.28. The van der Waals surface area contributed by atoms with Gasteiger partial charge >= 0.3 is 5.97 Å². The first-order valence-corrected chi connectivity index (χ1v) is 5.18. The number of carboxylic acids is 1. The Balaban J connectivity index is 2.51. The molecule has 1 aromatic heterocycles. The van der Waals surface area contributed by atoms with Crippen LogP contribution in [0.25, 0.3) is 0 Å². The van der Waals surface area contributed by atoms with Gasteiger partial charge in [-0.2, -0.15) is 0 Å². The first kappa shape index (κ1) is 12.3. The molecule has 0 saturated heterocycles. The molecule has 16 heavy (non-hydrogen) atoms. The summed E-state index contributed by atoms with van der Waals surface area (Å²) in [5, 5.41) is 11.6. The normalized spacial score (nSPS) is 10.4.